The Hall–Kier alpha value is -1.97. The molecule has 116 valence electrons. The van der Waals surface area contributed by atoms with Crippen LogP contribution in [-0.2, 0) is 0 Å². The van der Waals surface area contributed by atoms with Gasteiger partial charge in [-0.2, -0.15) is 0 Å². The Kier molecular flexibility index (Phi) is 3.98. The minimum Gasteiger partial charge on any atom is -0.419 e. The fourth-order valence-electron chi connectivity index (χ4n) is 1.93. The number of nitrogens with zero attached hydrogens (tertiary/aromatic N) is 4. The zero-order valence-electron chi connectivity index (χ0n) is 12.0. The van der Waals surface area contributed by atoms with Crippen LogP contribution >= 0.6 is 34.4 Å². The lowest BCUT2D eigenvalue weighted by Crippen LogP contribution is -1.89. The highest BCUT2D eigenvalue weighted by Gasteiger charge is 2.19. The van der Waals surface area contributed by atoms with E-state index in [1.54, 1.807) is 22.7 Å². The van der Waals surface area contributed by atoms with E-state index in [9.17, 15) is 0 Å². The second-order valence-corrected chi connectivity index (χ2v) is 7.83. The number of hydrogen-bond acceptors (Lipinski definition) is 8. The quantitative estimate of drug-likeness (QED) is 0.527. The summed E-state index contributed by atoms with van der Waals surface area (Å²) in [4.78, 5) is 6.53. The maximum Gasteiger partial charge on any atom is 0.257 e. The molecule has 9 heteroatoms. The number of rotatable bonds is 5. The number of nitrogens with one attached hydrogen (secondary N) is 1. The zero-order valence-corrected chi connectivity index (χ0v) is 14.4. The van der Waals surface area contributed by atoms with E-state index in [0.29, 0.717) is 16.9 Å². The van der Waals surface area contributed by atoms with Crippen LogP contribution in [0.5, 0.6) is 0 Å². The third-order valence-electron chi connectivity index (χ3n) is 3.02. The van der Waals surface area contributed by atoms with Crippen molar-refractivity contribution in [3.8, 4) is 21.5 Å². The lowest BCUT2D eigenvalue weighted by Gasteiger charge is -2.01. The zero-order chi connectivity index (χ0) is 15.6. The van der Waals surface area contributed by atoms with E-state index in [-0.39, 0.29) is 5.25 Å². The summed E-state index contributed by atoms with van der Waals surface area (Å²) in [5, 5.41) is 20.1. The topological polar surface area (TPSA) is 80.5 Å². The van der Waals surface area contributed by atoms with Gasteiger partial charge in [0.2, 0.25) is 11.0 Å². The lowest BCUT2D eigenvalue weighted by atomic mass is 10.4. The van der Waals surface area contributed by atoms with Gasteiger partial charge in [-0.3, -0.25) is 5.10 Å². The Morgan fingerprint density at radius 2 is 1.91 bits per heavy atom. The molecule has 0 aromatic carbocycles. The van der Waals surface area contributed by atoms with E-state index < -0.39 is 0 Å². The number of aromatic amines is 1. The average Bonchev–Trinajstić information content (AvgIpc) is 3.30. The van der Waals surface area contributed by atoms with Gasteiger partial charge in [0.1, 0.15) is 0 Å². The summed E-state index contributed by atoms with van der Waals surface area (Å²) in [5.41, 5.74) is 0. The van der Waals surface area contributed by atoms with Crippen molar-refractivity contribution in [3.63, 3.8) is 0 Å². The molecule has 0 fully saturated rings. The van der Waals surface area contributed by atoms with Crippen molar-refractivity contribution in [2.24, 2.45) is 0 Å². The molecule has 1 atom stereocenters. The Morgan fingerprint density at radius 3 is 2.65 bits per heavy atom. The fraction of sp³-hybridized carbons (Fsp3) is 0.143. The molecule has 0 spiro atoms. The number of aromatic nitrogens is 5. The maximum atomic E-state index is 5.74. The SMILES string of the molecule is C[C@@H](Sc1n[nH]c(-c2cccs2)n1)c1nnc(-c2cccs2)o1. The molecule has 0 aliphatic heterocycles. The minimum atomic E-state index is -0.0248. The first-order chi connectivity index (χ1) is 11.3. The Morgan fingerprint density at radius 1 is 1.13 bits per heavy atom. The van der Waals surface area contributed by atoms with Crippen molar-refractivity contribution in [1.29, 1.82) is 0 Å². The van der Waals surface area contributed by atoms with Crippen LogP contribution in [0.15, 0.2) is 44.6 Å². The molecule has 23 heavy (non-hydrogen) atoms. The van der Waals surface area contributed by atoms with Gasteiger partial charge in [0, 0.05) is 0 Å². The molecule has 6 nitrogen and oxygen atoms in total. The highest BCUT2D eigenvalue weighted by Crippen LogP contribution is 2.34. The summed E-state index contributed by atoms with van der Waals surface area (Å²) in [7, 11) is 0. The van der Waals surface area contributed by atoms with Crippen LogP contribution in [0.3, 0.4) is 0 Å². The van der Waals surface area contributed by atoms with Gasteiger partial charge in [-0.25, -0.2) is 4.98 Å². The predicted molar refractivity (Wildman–Crippen MR) is 91.6 cm³/mol. The number of thiophene rings is 2. The van der Waals surface area contributed by atoms with Crippen molar-refractivity contribution in [3.05, 3.63) is 40.9 Å². The largest absolute Gasteiger partial charge is 0.419 e. The van der Waals surface area contributed by atoms with Gasteiger partial charge in [0.25, 0.3) is 5.89 Å². The second kappa shape index (κ2) is 6.26. The standard InChI is InChI=1S/C14H11N5OS3/c1-8(12-17-18-13(20-12)10-5-3-7-22-10)23-14-15-11(16-19-14)9-4-2-6-21-9/h2-8H,1H3,(H,15,16,19)/t8-/m1/s1. The molecule has 0 bridgehead atoms. The molecule has 4 rings (SSSR count). The molecule has 0 aliphatic carbocycles. The van der Waals surface area contributed by atoms with E-state index in [0.717, 1.165) is 15.6 Å². The van der Waals surface area contributed by atoms with Gasteiger partial charge < -0.3 is 4.42 Å². The summed E-state index contributed by atoms with van der Waals surface area (Å²) >= 11 is 4.68. The van der Waals surface area contributed by atoms with Crippen molar-refractivity contribution in [1.82, 2.24) is 25.4 Å². The van der Waals surface area contributed by atoms with Crippen LogP contribution in [0.2, 0.25) is 0 Å². The molecule has 4 heterocycles. The first kappa shape index (κ1) is 14.6. The van der Waals surface area contributed by atoms with Crippen LogP contribution in [0.1, 0.15) is 18.1 Å². The second-order valence-electron chi connectivity index (χ2n) is 4.63. The van der Waals surface area contributed by atoms with Gasteiger partial charge in [0.05, 0.1) is 15.0 Å². The number of H-pyrrole nitrogens is 1. The first-order valence-electron chi connectivity index (χ1n) is 6.80. The normalized spacial score (nSPS) is 12.6. The molecule has 4 aromatic rings. The Labute approximate surface area is 144 Å². The molecular weight excluding hydrogens is 350 g/mol. The molecule has 4 aromatic heterocycles. The van der Waals surface area contributed by atoms with Crippen LogP contribution in [-0.4, -0.2) is 25.4 Å². The molecule has 0 aliphatic rings. The third-order valence-corrected chi connectivity index (χ3v) is 5.71. The molecule has 0 amide bonds. The third kappa shape index (κ3) is 3.07. The van der Waals surface area contributed by atoms with E-state index in [1.165, 1.54) is 11.8 Å². The van der Waals surface area contributed by atoms with Crippen molar-refractivity contribution < 1.29 is 4.42 Å². The van der Waals surface area contributed by atoms with Crippen LogP contribution in [0.25, 0.3) is 21.5 Å². The first-order valence-corrected chi connectivity index (χ1v) is 9.44. The number of hydrogen-bond donors (Lipinski definition) is 1. The minimum absolute atomic E-state index is 0.0248. The highest BCUT2D eigenvalue weighted by molar-refractivity contribution is 7.99. The fourth-order valence-corrected chi connectivity index (χ4v) is 3.99. The molecule has 0 radical (unpaired) electrons. The van der Waals surface area contributed by atoms with E-state index in [1.807, 2.05) is 41.9 Å². The molecular formula is C14H11N5OS3. The Balaban J connectivity index is 1.49. The maximum absolute atomic E-state index is 5.74. The molecule has 1 N–H and O–H groups in total. The van der Waals surface area contributed by atoms with E-state index in [4.69, 9.17) is 4.42 Å². The predicted octanol–water partition coefficient (Wildman–Crippen LogP) is 4.50. The van der Waals surface area contributed by atoms with Crippen LogP contribution in [0.4, 0.5) is 0 Å². The van der Waals surface area contributed by atoms with Gasteiger partial charge in [-0.05, 0) is 29.8 Å². The van der Waals surface area contributed by atoms with Crippen molar-refractivity contribution in [2.75, 3.05) is 0 Å². The summed E-state index contributed by atoms with van der Waals surface area (Å²) in [6.45, 7) is 2.00. The van der Waals surface area contributed by atoms with E-state index in [2.05, 4.69) is 25.4 Å². The Bertz CT molecular complexity index is 881. The lowest BCUT2D eigenvalue weighted by molar-refractivity contribution is 0.510. The molecule has 0 unspecified atom stereocenters. The summed E-state index contributed by atoms with van der Waals surface area (Å²) < 4.78 is 5.74. The van der Waals surface area contributed by atoms with Crippen molar-refractivity contribution >= 4 is 34.4 Å². The van der Waals surface area contributed by atoms with Gasteiger partial charge in [-0.1, -0.05) is 23.9 Å². The smallest absolute Gasteiger partial charge is 0.257 e. The van der Waals surface area contributed by atoms with Gasteiger partial charge in [0.15, 0.2) is 5.82 Å². The summed E-state index contributed by atoms with van der Waals surface area (Å²) in [5.74, 6) is 1.90. The van der Waals surface area contributed by atoms with Crippen LogP contribution < -0.4 is 0 Å². The average molecular weight is 361 g/mol. The van der Waals surface area contributed by atoms with Crippen LogP contribution in [0, 0.1) is 0 Å². The van der Waals surface area contributed by atoms with E-state index >= 15 is 0 Å². The molecule has 0 saturated heterocycles. The highest BCUT2D eigenvalue weighted by atomic mass is 32.2. The number of thioether (sulfide) groups is 1. The van der Waals surface area contributed by atoms with Crippen molar-refractivity contribution in [2.45, 2.75) is 17.3 Å². The monoisotopic (exact) mass is 361 g/mol. The van der Waals surface area contributed by atoms with Gasteiger partial charge in [-0.15, -0.1) is 38.0 Å². The summed E-state index contributed by atoms with van der Waals surface area (Å²) in [6, 6.07) is 7.92. The van der Waals surface area contributed by atoms with Gasteiger partial charge >= 0.3 is 0 Å². The summed E-state index contributed by atoms with van der Waals surface area (Å²) in [6.07, 6.45) is 0. The molecule has 0 saturated carbocycles.